The molecule has 0 bridgehead atoms. The molecule has 0 spiro atoms. The van der Waals surface area contributed by atoms with Crippen LogP contribution in [0.1, 0.15) is 84.5 Å². The highest BCUT2D eigenvalue weighted by Gasteiger charge is 2.39. The highest BCUT2D eigenvalue weighted by atomic mass is 14.4. The first-order valence-electron chi connectivity index (χ1n) is 8.84. The van der Waals surface area contributed by atoms with E-state index in [1.165, 1.54) is 63.4 Å². The lowest BCUT2D eigenvalue weighted by atomic mass is 9.64. The molecule has 0 saturated heterocycles. The predicted molar refractivity (Wildman–Crippen MR) is 85.2 cm³/mol. The minimum Gasteiger partial charge on any atom is -0.197 e. The summed E-state index contributed by atoms with van der Waals surface area (Å²) in [6.45, 7) is 4.56. The molecule has 0 aromatic carbocycles. The Hall–Kier alpha value is -0.770. The Kier molecular flexibility index (Phi) is 5.70. The summed E-state index contributed by atoms with van der Waals surface area (Å²) in [4.78, 5) is 0. The van der Waals surface area contributed by atoms with Crippen LogP contribution < -0.4 is 0 Å². The van der Waals surface area contributed by atoms with Gasteiger partial charge in [-0.05, 0) is 56.8 Å². The first-order chi connectivity index (χ1) is 9.74. The molecule has 2 aliphatic rings. The molecule has 0 aromatic heterocycles. The highest BCUT2D eigenvalue weighted by molar-refractivity contribution is 5.26. The lowest BCUT2D eigenvalue weighted by molar-refractivity contribution is 0.224. The zero-order valence-electron chi connectivity index (χ0n) is 13.5. The van der Waals surface area contributed by atoms with Crippen LogP contribution in [0, 0.1) is 28.6 Å². The highest BCUT2D eigenvalue weighted by Crippen LogP contribution is 2.48. The molecule has 0 aliphatic heterocycles. The molecule has 1 saturated carbocycles. The molecule has 0 heterocycles. The van der Waals surface area contributed by atoms with E-state index in [-0.39, 0.29) is 5.41 Å². The van der Waals surface area contributed by atoms with E-state index in [0.29, 0.717) is 0 Å². The fourth-order valence-electron chi connectivity index (χ4n) is 4.37. The summed E-state index contributed by atoms with van der Waals surface area (Å²) in [5, 5.41) is 9.79. The van der Waals surface area contributed by atoms with Crippen molar-refractivity contribution in [3.8, 4) is 6.07 Å². The third-order valence-corrected chi connectivity index (χ3v) is 5.70. The largest absolute Gasteiger partial charge is 0.197 e. The normalized spacial score (nSPS) is 34.4. The van der Waals surface area contributed by atoms with E-state index in [2.05, 4.69) is 26.0 Å². The molecule has 1 heteroatoms. The van der Waals surface area contributed by atoms with Gasteiger partial charge in [0.15, 0.2) is 0 Å². The van der Waals surface area contributed by atoms with Crippen LogP contribution in [-0.4, -0.2) is 0 Å². The fourth-order valence-corrected chi connectivity index (χ4v) is 4.37. The Labute approximate surface area is 125 Å². The van der Waals surface area contributed by atoms with E-state index >= 15 is 0 Å². The monoisotopic (exact) mass is 273 g/mol. The molecule has 0 N–H and O–H groups in total. The zero-order valence-corrected chi connectivity index (χ0v) is 13.5. The van der Waals surface area contributed by atoms with Gasteiger partial charge in [-0.1, -0.05) is 51.2 Å². The van der Waals surface area contributed by atoms with Crippen LogP contribution in [-0.2, 0) is 0 Å². The minimum absolute atomic E-state index is 0.0819. The second kappa shape index (κ2) is 7.30. The van der Waals surface area contributed by atoms with Gasteiger partial charge in [0.25, 0.3) is 0 Å². The van der Waals surface area contributed by atoms with Crippen molar-refractivity contribution in [3.63, 3.8) is 0 Å². The Bertz CT molecular complexity index is 366. The Balaban J connectivity index is 1.98. The average molecular weight is 273 g/mol. The van der Waals surface area contributed by atoms with Gasteiger partial charge in [-0.2, -0.15) is 5.26 Å². The van der Waals surface area contributed by atoms with E-state index in [1.807, 2.05) is 0 Å². The van der Waals surface area contributed by atoms with Gasteiger partial charge in [0.05, 0.1) is 11.5 Å². The third kappa shape index (κ3) is 3.46. The minimum atomic E-state index is -0.0819. The maximum atomic E-state index is 9.79. The Morgan fingerprint density at radius 1 is 1.10 bits per heavy atom. The van der Waals surface area contributed by atoms with Crippen LogP contribution in [0.5, 0.6) is 0 Å². The number of nitriles is 1. The average Bonchev–Trinajstić information content (AvgIpc) is 2.50. The summed E-state index contributed by atoms with van der Waals surface area (Å²) in [6, 6.07) is 2.73. The first-order valence-corrected chi connectivity index (χ1v) is 8.84. The number of allylic oxidation sites excluding steroid dienone is 2. The second-order valence-corrected chi connectivity index (χ2v) is 7.08. The lowest BCUT2D eigenvalue weighted by Gasteiger charge is -2.39. The van der Waals surface area contributed by atoms with Crippen LogP contribution in [0.25, 0.3) is 0 Å². The molecular weight excluding hydrogens is 242 g/mol. The van der Waals surface area contributed by atoms with Gasteiger partial charge in [-0.25, -0.2) is 0 Å². The first kappa shape index (κ1) is 15.6. The van der Waals surface area contributed by atoms with Gasteiger partial charge in [-0.3, -0.25) is 0 Å². The van der Waals surface area contributed by atoms with Crippen LogP contribution >= 0.6 is 0 Å². The molecule has 0 radical (unpaired) electrons. The van der Waals surface area contributed by atoms with E-state index in [4.69, 9.17) is 0 Å². The van der Waals surface area contributed by atoms with E-state index < -0.39 is 0 Å². The van der Waals surface area contributed by atoms with E-state index in [9.17, 15) is 5.26 Å². The van der Waals surface area contributed by atoms with Crippen molar-refractivity contribution in [2.75, 3.05) is 0 Å². The topological polar surface area (TPSA) is 23.8 Å². The van der Waals surface area contributed by atoms with Gasteiger partial charge >= 0.3 is 0 Å². The maximum absolute atomic E-state index is 9.79. The lowest BCUT2D eigenvalue weighted by Crippen LogP contribution is -2.29. The van der Waals surface area contributed by atoms with Gasteiger partial charge in [-0.15, -0.1) is 0 Å². The van der Waals surface area contributed by atoms with Gasteiger partial charge in [0.1, 0.15) is 0 Å². The molecule has 2 aliphatic carbocycles. The van der Waals surface area contributed by atoms with Crippen molar-refractivity contribution < 1.29 is 0 Å². The van der Waals surface area contributed by atoms with Gasteiger partial charge in [0.2, 0.25) is 0 Å². The maximum Gasteiger partial charge on any atom is 0.0782 e. The number of nitrogens with zero attached hydrogens (tertiary/aromatic N) is 1. The SMILES string of the molecule is CCCC1CC=C(C2(C#N)CCC(CCC)CC2)CC1. The molecule has 1 nitrogen and oxygen atoms in total. The Morgan fingerprint density at radius 3 is 2.25 bits per heavy atom. The number of hydrogen-bond donors (Lipinski definition) is 0. The van der Waals surface area contributed by atoms with E-state index in [1.54, 1.807) is 0 Å². The van der Waals surface area contributed by atoms with Crippen molar-refractivity contribution in [3.05, 3.63) is 11.6 Å². The van der Waals surface area contributed by atoms with E-state index in [0.717, 1.165) is 24.7 Å². The second-order valence-electron chi connectivity index (χ2n) is 7.08. The predicted octanol–water partition coefficient (Wildman–Crippen LogP) is 6.01. The molecule has 1 atom stereocenters. The molecule has 0 aromatic rings. The summed E-state index contributed by atoms with van der Waals surface area (Å²) in [6.07, 6.45) is 16.3. The standard InChI is InChI=1S/C19H31N/c1-3-5-16-7-9-18(10-8-16)19(15-20)13-11-17(6-4-2)12-14-19/h9,16-17H,3-8,10-14H2,1-2H3. The van der Waals surface area contributed by atoms with Crippen molar-refractivity contribution in [2.24, 2.45) is 17.3 Å². The smallest absolute Gasteiger partial charge is 0.0782 e. The van der Waals surface area contributed by atoms with Crippen molar-refractivity contribution in [2.45, 2.75) is 84.5 Å². The van der Waals surface area contributed by atoms with Gasteiger partial charge in [0, 0.05) is 0 Å². The molecule has 1 unspecified atom stereocenters. The summed E-state index contributed by atoms with van der Waals surface area (Å²) in [5.74, 6) is 1.77. The quantitative estimate of drug-likeness (QED) is 0.562. The van der Waals surface area contributed by atoms with Gasteiger partial charge < -0.3 is 0 Å². The summed E-state index contributed by atoms with van der Waals surface area (Å²) in [7, 11) is 0. The molecule has 20 heavy (non-hydrogen) atoms. The molecular formula is C19H31N. The summed E-state index contributed by atoms with van der Waals surface area (Å²) < 4.78 is 0. The van der Waals surface area contributed by atoms with Crippen molar-refractivity contribution >= 4 is 0 Å². The molecule has 0 amide bonds. The third-order valence-electron chi connectivity index (χ3n) is 5.70. The molecule has 1 fully saturated rings. The van der Waals surface area contributed by atoms with Crippen LogP contribution in [0.15, 0.2) is 11.6 Å². The van der Waals surface area contributed by atoms with Crippen LogP contribution in [0.2, 0.25) is 0 Å². The van der Waals surface area contributed by atoms with Crippen LogP contribution in [0.3, 0.4) is 0 Å². The Morgan fingerprint density at radius 2 is 1.75 bits per heavy atom. The fraction of sp³-hybridized carbons (Fsp3) is 0.842. The molecule has 2 rings (SSSR count). The number of hydrogen-bond acceptors (Lipinski definition) is 1. The molecule has 112 valence electrons. The van der Waals surface area contributed by atoms with Crippen molar-refractivity contribution in [1.82, 2.24) is 0 Å². The zero-order chi connectivity index (χ0) is 14.4. The van der Waals surface area contributed by atoms with Crippen LogP contribution in [0.4, 0.5) is 0 Å². The summed E-state index contributed by atoms with van der Waals surface area (Å²) in [5.41, 5.74) is 1.42. The summed E-state index contributed by atoms with van der Waals surface area (Å²) >= 11 is 0. The number of rotatable bonds is 5. The van der Waals surface area contributed by atoms with Crippen molar-refractivity contribution in [1.29, 1.82) is 5.26 Å².